The van der Waals surface area contributed by atoms with Crippen LogP contribution in [-0.2, 0) is 0 Å². The molecule has 0 radical (unpaired) electrons. The highest BCUT2D eigenvalue weighted by atomic mass is 15.0. The number of benzene rings is 5. The summed E-state index contributed by atoms with van der Waals surface area (Å²) in [4.78, 5) is 0. The highest BCUT2D eigenvalue weighted by molar-refractivity contribution is 6.11. The highest BCUT2D eigenvalue weighted by Crippen LogP contribution is 2.75. The Morgan fingerprint density at radius 3 is 2.23 bits per heavy atom. The summed E-state index contributed by atoms with van der Waals surface area (Å²) in [6, 6.07) is 45.8. The third-order valence-electron chi connectivity index (χ3n) is 13.4. The molecule has 5 aliphatic rings. The van der Waals surface area contributed by atoms with Gasteiger partial charge in [0.1, 0.15) is 0 Å². The minimum Gasteiger partial charge on any atom is -0.309 e. The molecule has 2 fully saturated rings. The number of allylic oxidation sites excluding steroid dienone is 4. The van der Waals surface area contributed by atoms with Crippen molar-refractivity contribution in [2.24, 2.45) is 40.9 Å². The van der Waals surface area contributed by atoms with Crippen LogP contribution in [0.4, 0.5) is 0 Å². The van der Waals surface area contributed by atoms with Crippen molar-refractivity contribution in [3.05, 3.63) is 156 Å². The van der Waals surface area contributed by atoms with E-state index < -0.39 is 0 Å². The molecule has 234 valence electrons. The molecule has 48 heavy (non-hydrogen) atoms. The van der Waals surface area contributed by atoms with Crippen LogP contribution in [0.25, 0.3) is 44.2 Å². The van der Waals surface area contributed by atoms with E-state index in [1.54, 1.807) is 11.1 Å². The predicted molar refractivity (Wildman–Crippen MR) is 199 cm³/mol. The molecule has 11 rings (SSSR count). The van der Waals surface area contributed by atoms with Crippen molar-refractivity contribution < 1.29 is 0 Å². The molecular weight excluding hydrogens is 579 g/mol. The quantitative estimate of drug-likeness (QED) is 0.174. The van der Waals surface area contributed by atoms with Gasteiger partial charge in [0.05, 0.1) is 11.0 Å². The summed E-state index contributed by atoms with van der Waals surface area (Å²) < 4.78 is 2.47. The van der Waals surface area contributed by atoms with Gasteiger partial charge in [-0.25, -0.2) is 0 Å². The van der Waals surface area contributed by atoms with E-state index in [4.69, 9.17) is 0 Å². The number of hydrogen-bond acceptors (Lipinski definition) is 0. The first kappa shape index (κ1) is 27.3. The zero-order chi connectivity index (χ0) is 31.7. The average Bonchev–Trinajstić information content (AvgIpc) is 3.67. The average molecular weight is 620 g/mol. The van der Waals surface area contributed by atoms with Gasteiger partial charge in [0.25, 0.3) is 0 Å². The van der Waals surface area contributed by atoms with Crippen LogP contribution < -0.4 is 0 Å². The van der Waals surface area contributed by atoms with Gasteiger partial charge in [0, 0.05) is 22.4 Å². The van der Waals surface area contributed by atoms with Gasteiger partial charge in [-0.05, 0) is 136 Å². The van der Waals surface area contributed by atoms with Crippen LogP contribution in [0, 0.1) is 40.9 Å². The maximum atomic E-state index is 2.67. The Bertz CT molecular complexity index is 2330. The minimum absolute atomic E-state index is 0.193. The van der Waals surface area contributed by atoms with Crippen LogP contribution in [-0.4, -0.2) is 4.57 Å². The van der Waals surface area contributed by atoms with Crippen LogP contribution in [0.1, 0.15) is 55.7 Å². The fourth-order valence-electron chi connectivity index (χ4n) is 11.7. The molecule has 2 saturated carbocycles. The molecule has 0 N–H and O–H groups in total. The van der Waals surface area contributed by atoms with E-state index in [-0.39, 0.29) is 5.41 Å². The normalized spacial score (nSPS) is 29.0. The second-order valence-electron chi connectivity index (χ2n) is 16.0. The lowest BCUT2D eigenvalue weighted by Crippen LogP contribution is -2.41. The van der Waals surface area contributed by atoms with Gasteiger partial charge in [-0.15, -0.1) is 0 Å². The Kier molecular flexibility index (Phi) is 5.54. The molecule has 1 heterocycles. The van der Waals surface area contributed by atoms with E-state index in [0.29, 0.717) is 17.8 Å². The number of rotatable bonds is 3. The molecule has 0 bridgehead atoms. The van der Waals surface area contributed by atoms with E-state index in [1.165, 1.54) is 74.6 Å². The molecule has 0 spiro atoms. The molecule has 5 aliphatic carbocycles. The van der Waals surface area contributed by atoms with E-state index >= 15 is 0 Å². The van der Waals surface area contributed by atoms with Crippen molar-refractivity contribution in [1.82, 2.24) is 4.57 Å². The van der Waals surface area contributed by atoms with E-state index in [0.717, 1.165) is 23.7 Å². The maximum Gasteiger partial charge on any atom is 0.0541 e. The van der Waals surface area contributed by atoms with E-state index in [1.807, 2.05) is 0 Å². The summed E-state index contributed by atoms with van der Waals surface area (Å²) in [5, 5.41) is 2.68. The Morgan fingerprint density at radius 1 is 0.667 bits per heavy atom. The molecule has 0 saturated heterocycles. The number of hydrogen-bond donors (Lipinski definition) is 0. The summed E-state index contributed by atoms with van der Waals surface area (Å²) in [6.07, 6.45) is 9.32. The summed E-state index contributed by atoms with van der Waals surface area (Å²) in [6.45, 7) is 5.21. The number of para-hydroxylation sites is 1. The van der Waals surface area contributed by atoms with Crippen molar-refractivity contribution >= 4 is 27.4 Å². The second kappa shape index (κ2) is 9.73. The van der Waals surface area contributed by atoms with Gasteiger partial charge in [0.2, 0.25) is 0 Å². The van der Waals surface area contributed by atoms with E-state index in [9.17, 15) is 0 Å². The Labute approximate surface area is 283 Å². The first-order chi connectivity index (χ1) is 23.6. The van der Waals surface area contributed by atoms with E-state index in [2.05, 4.69) is 152 Å². The largest absolute Gasteiger partial charge is 0.309 e. The molecule has 5 aromatic carbocycles. The third-order valence-corrected chi connectivity index (χ3v) is 13.4. The number of nitrogens with zero attached hydrogens (tertiary/aromatic N) is 1. The summed E-state index contributed by atoms with van der Waals surface area (Å²) in [7, 11) is 0. The van der Waals surface area contributed by atoms with Crippen LogP contribution in [0.5, 0.6) is 0 Å². The lowest BCUT2D eigenvalue weighted by molar-refractivity contribution is 0.0812. The molecule has 1 nitrogen and oxygen atoms in total. The van der Waals surface area contributed by atoms with Gasteiger partial charge in [-0.1, -0.05) is 111 Å². The third kappa shape index (κ3) is 3.58. The standard InChI is InChI=1S/C47H41N/c1-47(2)45-35-20-12-11-19-34(35)42(44(45)43-33-18-10-9-17-32(33)36-27-39(36)46(43)47)30-22-24-41-38(26-30)37-25-29(28-13-5-3-6-14-28)21-23-40(37)48(41)31-15-7-4-8-16-31/h3-8,10-16,18-26,32-33,36,39,42-43,46H,9,17,27H2,1-2H3. The molecule has 7 atom stereocenters. The van der Waals surface area contributed by atoms with Crippen molar-refractivity contribution in [3.8, 4) is 16.8 Å². The summed E-state index contributed by atoms with van der Waals surface area (Å²) in [5.74, 6) is 5.12. The van der Waals surface area contributed by atoms with Crippen LogP contribution >= 0.6 is 0 Å². The van der Waals surface area contributed by atoms with Gasteiger partial charge in [-0.2, -0.15) is 0 Å². The zero-order valence-corrected chi connectivity index (χ0v) is 27.8. The van der Waals surface area contributed by atoms with Crippen molar-refractivity contribution in [2.75, 3.05) is 0 Å². The lowest BCUT2D eigenvalue weighted by atomic mass is 9.57. The molecule has 0 aliphatic heterocycles. The fraction of sp³-hybridized carbons (Fsp3) is 0.277. The van der Waals surface area contributed by atoms with Gasteiger partial charge >= 0.3 is 0 Å². The van der Waals surface area contributed by atoms with Gasteiger partial charge in [-0.3, -0.25) is 0 Å². The zero-order valence-electron chi connectivity index (χ0n) is 27.8. The monoisotopic (exact) mass is 619 g/mol. The van der Waals surface area contributed by atoms with Crippen LogP contribution in [0.2, 0.25) is 0 Å². The van der Waals surface area contributed by atoms with Gasteiger partial charge < -0.3 is 4.57 Å². The second-order valence-corrected chi connectivity index (χ2v) is 16.0. The topological polar surface area (TPSA) is 4.93 Å². The maximum absolute atomic E-state index is 2.67. The molecule has 1 aromatic heterocycles. The Hall–Kier alpha value is -4.62. The molecular formula is C47H41N. The first-order valence-electron chi connectivity index (χ1n) is 18.3. The van der Waals surface area contributed by atoms with Crippen molar-refractivity contribution in [1.29, 1.82) is 0 Å². The smallest absolute Gasteiger partial charge is 0.0541 e. The summed E-state index contributed by atoms with van der Waals surface area (Å²) >= 11 is 0. The van der Waals surface area contributed by atoms with Crippen LogP contribution in [0.3, 0.4) is 0 Å². The SMILES string of the molecule is CC1(C)C2=C(C(c3ccc4c(c3)c3cc(-c5ccccc5)ccc3n4-c3ccccc3)c3ccccc32)C2C3C=CCCC3C3CC3C21. The molecule has 0 amide bonds. The molecule has 7 unspecified atom stereocenters. The number of fused-ring (bicyclic) bond motifs is 12. The van der Waals surface area contributed by atoms with Crippen molar-refractivity contribution in [2.45, 2.75) is 39.0 Å². The minimum atomic E-state index is 0.193. The van der Waals surface area contributed by atoms with Crippen LogP contribution in [0.15, 0.2) is 139 Å². The first-order valence-corrected chi connectivity index (χ1v) is 18.3. The van der Waals surface area contributed by atoms with Crippen molar-refractivity contribution in [3.63, 3.8) is 0 Å². The molecule has 6 aromatic rings. The lowest BCUT2D eigenvalue weighted by Gasteiger charge is -2.46. The van der Waals surface area contributed by atoms with Gasteiger partial charge in [0.15, 0.2) is 0 Å². The number of aromatic nitrogens is 1. The Morgan fingerprint density at radius 2 is 1.40 bits per heavy atom. The Balaban J connectivity index is 1.15. The predicted octanol–water partition coefficient (Wildman–Crippen LogP) is 11.9. The fourth-order valence-corrected chi connectivity index (χ4v) is 11.7. The highest BCUT2D eigenvalue weighted by Gasteiger charge is 2.67. The molecule has 1 heteroatoms. The summed E-state index contributed by atoms with van der Waals surface area (Å²) in [5.41, 5.74) is 14.5.